The topological polar surface area (TPSA) is 43.6 Å². The van der Waals surface area contributed by atoms with Crippen molar-refractivity contribution in [3.63, 3.8) is 0 Å². The highest BCUT2D eigenvalue weighted by Gasteiger charge is 2.10. The molecule has 0 saturated heterocycles. The van der Waals surface area contributed by atoms with Crippen molar-refractivity contribution in [1.82, 2.24) is 4.57 Å². The van der Waals surface area contributed by atoms with Gasteiger partial charge in [0.15, 0.2) is 4.80 Å². The van der Waals surface area contributed by atoms with Crippen molar-refractivity contribution in [2.45, 2.75) is 20.4 Å². The molecule has 3 rings (SSSR count). The summed E-state index contributed by atoms with van der Waals surface area (Å²) in [5.74, 6) is -0.237. The van der Waals surface area contributed by atoms with Gasteiger partial charge in [-0.15, -0.1) is 0 Å². The first-order valence-electron chi connectivity index (χ1n) is 7.94. The molecule has 4 nitrogen and oxygen atoms in total. The molecule has 0 bridgehead atoms. The molecule has 0 fully saturated rings. The molecule has 0 saturated carbocycles. The van der Waals surface area contributed by atoms with Crippen molar-refractivity contribution in [1.29, 1.82) is 0 Å². The fraction of sp³-hybridized carbons (Fsp3) is 0.263. The quantitative estimate of drug-likeness (QED) is 0.627. The number of carbonyl (C=O) groups is 1. The molecule has 6 heteroatoms. The molecule has 0 N–H and O–H groups in total. The lowest BCUT2D eigenvalue weighted by Crippen LogP contribution is -2.19. The van der Waals surface area contributed by atoms with Gasteiger partial charge < -0.3 is 9.30 Å². The van der Waals surface area contributed by atoms with E-state index in [1.807, 2.05) is 12.1 Å². The molecule has 2 aromatic carbocycles. The maximum Gasteiger partial charge on any atom is 0.279 e. The maximum absolute atomic E-state index is 12.5. The van der Waals surface area contributed by atoms with Crippen molar-refractivity contribution in [2.75, 3.05) is 13.7 Å². The summed E-state index contributed by atoms with van der Waals surface area (Å²) in [5, 5.41) is 0. The zero-order valence-electron chi connectivity index (χ0n) is 14.4. The summed E-state index contributed by atoms with van der Waals surface area (Å²) in [4.78, 5) is 17.6. The molecule has 1 amide bonds. The van der Waals surface area contributed by atoms with Gasteiger partial charge in [-0.1, -0.05) is 27.3 Å². The Morgan fingerprint density at radius 3 is 2.56 bits per heavy atom. The van der Waals surface area contributed by atoms with E-state index in [1.165, 1.54) is 22.5 Å². The molecule has 25 heavy (non-hydrogen) atoms. The fourth-order valence-electron chi connectivity index (χ4n) is 2.55. The molecule has 1 aromatic heterocycles. The van der Waals surface area contributed by atoms with Gasteiger partial charge in [0.25, 0.3) is 5.91 Å². The Morgan fingerprint density at radius 2 is 1.88 bits per heavy atom. The zero-order valence-corrected chi connectivity index (χ0v) is 16.8. The third kappa shape index (κ3) is 3.92. The number of aryl methyl sites for hydroxylation is 2. The van der Waals surface area contributed by atoms with E-state index in [9.17, 15) is 4.79 Å². The molecule has 0 atom stereocenters. The summed E-state index contributed by atoms with van der Waals surface area (Å²) in [5.41, 5.74) is 4.12. The van der Waals surface area contributed by atoms with Crippen LogP contribution in [0.3, 0.4) is 0 Å². The molecule has 0 unspecified atom stereocenters. The minimum Gasteiger partial charge on any atom is -0.383 e. The molecular formula is C19H19BrN2O2S. The van der Waals surface area contributed by atoms with Crippen LogP contribution < -0.4 is 4.80 Å². The average Bonchev–Trinajstić information content (AvgIpc) is 2.90. The normalized spacial score (nSPS) is 12.1. The number of ether oxygens (including phenoxy) is 1. The lowest BCUT2D eigenvalue weighted by Gasteiger charge is -2.06. The lowest BCUT2D eigenvalue weighted by molar-refractivity contribution is 0.0997. The monoisotopic (exact) mass is 418 g/mol. The Kier molecular flexibility index (Phi) is 5.51. The average molecular weight is 419 g/mol. The van der Waals surface area contributed by atoms with Gasteiger partial charge in [-0.3, -0.25) is 4.79 Å². The number of methoxy groups -OCH3 is 1. The van der Waals surface area contributed by atoms with Gasteiger partial charge in [0, 0.05) is 23.7 Å². The van der Waals surface area contributed by atoms with Crippen molar-refractivity contribution in [3.05, 3.63) is 62.4 Å². The molecule has 0 aliphatic carbocycles. The summed E-state index contributed by atoms with van der Waals surface area (Å²) >= 11 is 4.91. The minimum atomic E-state index is -0.237. The first-order valence-corrected chi connectivity index (χ1v) is 9.54. The van der Waals surface area contributed by atoms with E-state index in [0.29, 0.717) is 23.5 Å². The van der Waals surface area contributed by atoms with Gasteiger partial charge in [0.05, 0.1) is 16.8 Å². The minimum absolute atomic E-state index is 0.237. The highest BCUT2D eigenvalue weighted by Crippen LogP contribution is 2.22. The number of aromatic nitrogens is 1. The fourth-order valence-corrected chi connectivity index (χ4v) is 3.95. The van der Waals surface area contributed by atoms with E-state index in [-0.39, 0.29) is 5.91 Å². The number of amides is 1. The molecule has 1 heterocycles. The third-order valence-electron chi connectivity index (χ3n) is 4.11. The second kappa shape index (κ2) is 7.64. The number of hydrogen-bond acceptors (Lipinski definition) is 3. The first kappa shape index (κ1) is 18.0. The van der Waals surface area contributed by atoms with E-state index in [0.717, 1.165) is 14.7 Å². The van der Waals surface area contributed by atoms with Crippen LogP contribution >= 0.6 is 27.3 Å². The Hall–Kier alpha value is -1.76. The Bertz CT molecular complexity index is 987. The van der Waals surface area contributed by atoms with Crippen LogP contribution in [0.2, 0.25) is 0 Å². The third-order valence-corrected chi connectivity index (χ3v) is 5.68. The Balaban J connectivity index is 2.13. The summed E-state index contributed by atoms with van der Waals surface area (Å²) in [7, 11) is 1.67. The van der Waals surface area contributed by atoms with Crippen LogP contribution in [0.15, 0.2) is 45.9 Å². The number of hydrogen-bond donors (Lipinski definition) is 0. The van der Waals surface area contributed by atoms with E-state index >= 15 is 0 Å². The molecule has 0 aliphatic rings. The van der Waals surface area contributed by atoms with Crippen LogP contribution in [0.25, 0.3) is 10.2 Å². The van der Waals surface area contributed by atoms with Crippen LogP contribution in [0.4, 0.5) is 0 Å². The van der Waals surface area contributed by atoms with Gasteiger partial charge in [-0.05, 0) is 61.4 Å². The van der Waals surface area contributed by atoms with Crippen LogP contribution in [0, 0.1) is 13.8 Å². The summed E-state index contributed by atoms with van der Waals surface area (Å²) < 4.78 is 9.35. The first-order chi connectivity index (χ1) is 12.0. The second-order valence-corrected chi connectivity index (χ2v) is 7.78. The van der Waals surface area contributed by atoms with Crippen molar-refractivity contribution < 1.29 is 9.53 Å². The summed E-state index contributed by atoms with van der Waals surface area (Å²) in [6.07, 6.45) is 0. The number of thiazole rings is 1. The van der Waals surface area contributed by atoms with E-state index in [1.54, 1.807) is 19.2 Å². The van der Waals surface area contributed by atoms with Crippen molar-refractivity contribution in [2.24, 2.45) is 4.99 Å². The largest absolute Gasteiger partial charge is 0.383 e. The van der Waals surface area contributed by atoms with Crippen molar-refractivity contribution >= 4 is 43.4 Å². The van der Waals surface area contributed by atoms with E-state index in [2.05, 4.69) is 51.5 Å². The van der Waals surface area contributed by atoms with Crippen LogP contribution in [-0.4, -0.2) is 24.2 Å². The van der Waals surface area contributed by atoms with Gasteiger partial charge >= 0.3 is 0 Å². The standard InChI is InChI=1S/C19H19BrN2O2S/c1-12-10-16-17(11-13(12)2)25-19(22(16)8-9-24-3)21-18(23)14-4-6-15(20)7-5-14/h4-7,10-11H,8-9H2,1-3H3. The number of rotatable bonds is 4. The number of nitrogens with zero attached hydrogens (tertiary/aromatic N) is 2. The van der Waals surface area contributed by atoms with Crippen LogP contribution in [0.1, 0.15) is 21.5 Å². The molecular weight excluding hydrogens is 400 g/mol. The van der Waals surface area contributed by atoms with E-state index < -0.39 is 0 Å². The van der Waals surface area contributed by atoms with Gasteiger partial charge in [-0.25, -0.2) is 0 Å². The summed E-state index contributed by atoms with van der Waals surface area (Å²) in [6, 6.07) is 11.6. The summed E-state index contributed by atoms with van der Waals surface area (Å²) in [6.45, 7) is 5.42. The highest BCUT2D eigenvalue weighted by molar-refractivity contribution is 9.10. The van der Waals surface area contributed by atoms with Crippen LogP contribution in [0.5, 0.6) is 0 Å². The van der Waals surface area contributed by atoms with Gasteiger partial charge in [-0.2, -0.15) is 4.99 Å². The second-order valence-electron chi connectivity index (χ2n) is 5.86. The van der Waals surface area contributed by atoms with E-state index in [4.69, 9.17) is 4.74 Å². The number of halogens is 1. The van der Waals surface area contributed by atoms with Gasteiger partial charge in [0.2, 0.25) is 0 Å². The van der Waals surface area contributed by atoms with Crippen molar-refractivity contribution in [3.8, 4) is 0 Å². The van der Waals surface area contributed by atoms with Gasteiger partial charge in [0.1, 0.15) is 0 Å². The Morgan fingerprint density at radius 1 is 1.20 bits per heavy atom. The predicted octanol–water partition coefficient (Wildman–Crippen LogP) is 4.47. The zero-order chi connectivity index (χ0) is 18.0. The number of fused-ring (bicyclic) bond motifs is 1. The Labute approximate surface area is 158 Å². The SMILES string of the molecule is COCCn1c(=NC(=O)c2ccc(Br)cc2)sc2cc(C)c(C)cc21. The molecule has 3 aromatic rings. The predicted molar refractivity (Wildman–Crippen MR) is 105 cm³/mol. The molecule has 0 radical (unpaired) electrons. The number of benzene rings is 2. The maximum atomic E-state index is 12.5. The van der Waals surface area contributed by atoms with Crippen LogP contribution in [-0.2, 0) is 11.3 Å². The number of carbonyl (C=O) groups excluding carboxylic acids is 1. The lowest BCUT2D eigenvalue weighted by atomic mass is 10.1. The molecule has 0 spiro atoms. The smallest absolute Gasteiger partial charge is 0.279 e. The molecule has 130 valence electrons. The molecule has 0 aliphatic heterocycles. The highest BCUT2D eigenvalue weighted by atomic mass is 79.9.